The summed E-state index contributed by atoms with van der Waals surface area (Å²) in [7, 11) is -2.49. The maximum Gasteiger partial charge on any atom is 0.328 e. The van der Waals surface area contributed by atoms with E-state index in [0.29, 0.717) is 0 Å². The molecule has 0 amide bonds. The van der Waals surface area contributed by atoms with Gasteiger partial charge in [0, 0.05) is 12.9 Å². The molecule has 0 aliphatic rings. The van der Waals surface area contributed by atoms with Crippen LogP contribution in [0.1, 0.15) is 12.6 Å². The molecule has 1 aromatic rings. The van der Waals surface area contributed by atoms with Crippen molar-refractivity contribution in [3.8, 4) is 0 Å². The summed E-state index contributed by atoms with van der Waals surface area (Å²) >= 11 is 5.50. The summed E-state index contributed by atoms with van der Waals surface area (Å²) in [5.41, 5.74) is -0.415. The number of aromatic nitrogens is 2. The number of sulfone groups is 1. The second-order valence-electron chi connectivity index (χ2n) is 3.63. The Bertz CT molecular complexity index is 551. The Labute approximate surface area is 103 Å². The third-order valence-electron chi connectivity index (χ3n) is 2.34. The van der Waals surface area contributed by atoms with Gasteiger partial charge in [-0.1, -0.05) is 0 Å². The third kappa shape index (κ3) is 2.27. The summed E-state index contributed by atoms with van der Waals surface area (Å²) in [5, 5.41) is 13.3. The summed E-state index contributed by atoms with van der Waals surface area (Å²) in [6.07, 6.45) is 0. The first-order chi connectivity index (χ1) is 7.73. The summed E-state index contributed by atoms with van der Waals surface area (Å²) in [6.45, 7) is 2.79. The monoisotopic (exact) mass is 281 g/mol. The summed E-state index contributed by atoms with van der Waals surface area (Å²) in [5.74, 6) is -0.135. The summed E-state index contributed by atoms with van der Waals surface area (Å²) in [6, 6.07) is 0. The Morgan fingerprint density at radius 2 is 2.12 bits per heavy atom. The minimum absolute atomic E-state index is 0.0675. The van der Waals surface area contributed by atoms with Gasteiger partial charge < -0.3 is 0 Å². The van der Waals surface area contributed by atoms with E-state index in [4.69, 9.17) is 11.6 Å². The number of aryl methyl sites for hydroxylation is 2. The number of nitrogens with zero attached hydrogens (tertiary/aromatic N) is 3. The van der Waals surface area contributed by atoms with Crippen LogP contribution in [-0.2, 0) is 16.9 Å². The number of hydrogen-bond acceptors (Lipinski definition) is 5. The minimum Gasteiger partial charge on any atom is -0.258 e. The molecule has 0 N–H and O–H groups in total. The smallest absolute Gasteiger partial charge is 0.258 e. The van der Waals surface area contributed by atoms with Crippen molar-refractivity contribution in [1.29, 1.82) is 0 Å². The lowest BCUT2D eigenvalue weighted by molar-refractivity contribution is -0.388. The predicted molar refractivity (Wildman–Crippen MR) is 62.0 cm³/mol. The van der Waals surface area contributed by atoms with E-state index in [0.717, 1.165) is 4.68 Å². The zero-order valence-corrected chi connectivity index (χ0v) is 11.1. The molecule has 17 heavy (non-hydrogen) atoms. The molecule has 9 heteroatoms. The van der Waals surface area contributed by atoms with Gasteiger partial charge in [0.1, 0.15) is 5.69 Å². The lowest BCUT2D eigenvalue weighted by atomic mass is 10.4. The average Bonchev–Trinajstić information content (AvgIpc) is 2.52. The van der Waals surface area contributed by atoms with E-state index in [2.05, 4.69) is 5.10 Å². The summed E-state index contributed by atoms with van der Waals surface area (Å²) in [4.78, 5) is 10.1. The van der Waals surface area contributed by atoms with Crippen LogP contribution in [0.4, 0.5) is 5.69 Å². The van der Waals surface area contributed by atoms with Gasteiger partial charge in [-0.15, -0.1) is 11.6 Å². The Hall–Kier alpha value is -1.15. The fourth-order valence-corrected chi connectivity index (χ4v) is 3.37. The molecule has 0 spiro atoms. The van der Waals surface area contributed by atoms with E-state index < -0.39 is 30.7 Å². The lowest BCUT2D eigenvalue weighted by Crippen LogP contribution is -2.22. The van der Waals surface area contributed by atoms with E-state index >= 15 is 0 Å². The molecular weight excluding hydrogens is 270 g/mol. The molecule has 1 heterocycles. The molecule has 7 nitrogen and oxygen atoms in total. The van der Waals surface area contributed by atoms with Crippen LogP contribution in [0.5, 0.6) is 0 Å². The molecule has 0 fully saturated rings. The molecule has 1 unspecified atom stereocenters. The number of alkyl halides is 1. The van der Waals surface area contributed by atoms with E-state index in [1.165, 1.54) is 20.9 Å². The van der Waals surface area contributed by atoms with Crippen LogP contribution in [0.2, 0.25) is 0 Å². The third-order valence-corrected chi connectivity index (χ3v) is 5.21. The highest BCUT2D eigenvalue weighted by atomic mass is 35.5. The van der Waals surface area contributed by atoms with Crippen LogP contribution in [0.3, 0.4) is 0 Å². The first kappa shape index (κ1) is 13.9. The van der Waals surface area contributed by atoms with Gasteiger partial charge in [0.05, 0.1) is 10.2 Å². The van der Waals surface area contributed by atoms with Gasteiger partial charge in [-0.3, -0.25) is 14.8 Å². The van der Waals surface area contributed by atoms with Gasteiger partial charge in [-0.25, -0.2) is 8.42 Å². The molecule has 1 aromatic heterocycles. The highest BCUT2D eigenvalue weighted by molar-refractivity contribution is 7.92. The average molecular weight is 282 g/mol. The van der Waals surface area contributed by atoms with Crippen LogP contribution in [0.15, 0.2) is 5.03 Å². The van der Waals surface area contributed by atoms with Crippen molar-refractivity contribution in [2.75, 3.05) is 5.88 Å². The topological polar surface area (TPSA) is 95.1 Å². The van der Waals surface area contributed by atoms with E-state index in [1.807, 2.05) is 0 Å². The van der Waals surface area contributed by atoms with Crippen molar-refractivity contribution in [2.45, 2.75) is 24.1 Å². The minimum atomic E-state index is -3.85. The standard InChI is InChI=1S/C8H12ClN3O4S/c1-5(4-9)17(15,16)8-7(12(13)14)6(2)10-11(8)3/h5H,4H2,1-3H3. The highest BCUT2D eigenvalue weighted by Crippen LogP contribution is 2.29. The Morgan fingerprint density at radius 3 is 2.53 bits per heavy atom. The van der Waals surface area contributed by atoms with E-state index in [9.17, 15) is 18.5 Å². The van der Waals surface area contributed by atoms with Crippen LogP contribution in [-0.4, -0.2) is 34.3 Å². The van der Waals surface area contributed by atoms with Crippen molar-refractivity contribution in [3.63, 3.8) is 0 Å². The van der Waals surface area contributed by atoms with Crippen molar-refractivity contribution >= 4 is 27.1 Å². The van der Waals surface area contributed by atoms with Crippen molar-refractivity contribution in [3.05, 3.63) is 15.8 Å². The first-order valence-corrected chi connectivity index (χ1v) is 6.79. The van der Waals surface area contributed by atoms with Crippen LogP contribution in [0.25, 0.3) is 0 Å². The second-order valence-corrected chi connectivity index (χ2v) is 6.22. The molecule has 0 aromatic carbocycles. The van der Waals surface area contributed by atoms with Crippen molar-refractivity contribution in [2.24, 2.45) is 7.05 Å². The van der Waals surface area contributed by atoms with E-state index in [-0.39, 0.29) is 11.6 Å². The zero-order chi connectivity index (χ0) is 13.4. The van der Waals surface area contributed by atoms with Crippen LogP contribution >= 0.6 is 11.6 Å². The van der Waals surface area contributed by atoms with E-state index in [1.54, 1.807) is 0 Å². The Morgan fingerprint density at radius 1 is 1.59 bits per heavy atom. The highest BCUT2D eigenvalue weighted by Gasteiger charge is 2.36. The van der Waals surface area contributed by atoms with Gasteiger partial charge in [0.2, 0.25) is 14.9 Å². The molecule has 0 aliphatic carbocycles. The second kappa shape index (κ2) is 4.61. The number of halogens is 1. The number of rotatable bonds is 4. The first-order valence-electron chi connectivity index (χ1n) is 4.71. The lowest BCUT2D eigenvalue weighted by Gasteiger charge is -2.08. The normalized spacial score (nSPS) is 13.6. The molecule has 1 atom stereocenters. The molecular formula is C8H12ClN3O4S. The molecule has 0 radical (unpaired) electrons. The van der Waals surface area contributed by atoms with Gasteiger partial charge in [-0.2, -0.15) is 5.10 Å². The molecule has 0 saturated carbocycles. The van der Waals surface area contributed by atoms with Crippen LogP contribution in [0, 0.1) is 17.0 Å². The molecule has 96 valence electrons. The molecule has 0 aliphatic heterocycles. The number of nitro groups is 1. The fraction of sp³-hybridized carbons (Fsp3) is 0.625. The SMILES string of the molecule is Cc1nn(C)c(S(=O)(=O)C(C)CCl)c1[N+](=O)[O-]. The Balaban J connectivity index is 3.57. The Kier molecular flexibility index (Phi) is 3.78. The predicted octanol–water partition coefficient (Wildman–Crippen LogP) is 1.04. The van der Waals surface area contributed by atoms with Crippen molar-refractivity contribution < 1.29 is 13.3 Å². The molecule has 1 rings (SSSR count). The summed E-state index contributed by atoms with van der Waals surface area (Å²) < 4.78 is 25.2. The fourth-order valence-electron chi connectivity index (χ4n) is 1.43. The zero-order valence-electron chi connectivity index (χ0n) is 9.55. The molecule has 0 bridgehead atoms. The number of hydrogen-bond donors (Lipinski definition) is 0. The van der Waals surface area contributed by atoms with Gasteiger partial charge in [0.15, 0.2) is 0 Å². The maximum absolute atomic E-state index is 12.1. The largest absolute Gasteiger partial charge is 0.328 e. The van der Waals surface area contributed by atoms with Crippen molar-refractivity contribution in [1.82, 2.24) is 9.78 Å². The molecule has 0 saturated heterocycles. The van der Waals surface area contributed by atoms with Gasteiger partial charge >= 0.3 is 5.69 Å². The van der Waals surface area contributed by atoms with Crippen LogP contribution < -0.4 is 0 Å². The maximum atomic E-state index is 12.1. The van der Waals surface area contributed by atoms with Gasteiger partial charge in [-0.05, 0) is 13.8 Å². The quantitative estimate of drug-likeness (QED) is 0.467. The van der Waals surface area contributed by atoms with Gasteiger partial charge in [0.25, 0.3) is 0 Å².